The fourth-order valence-electron chi connectivity index (χ4n) is 3.89. The third-order valence-electron chi connectivity index (χ3n) is 6.23. The van der Waals surface area contributed by atoms with Crippen molar-refractivity contribution in [1.29, 1.82) is 0 Å². The Labute approximate surface area is 230 Å². The van der Waals surface area contributed by atoms with Gasteiger partial charge in [-0.15, -0.1) is 0 Å². The summed E-state index contributed by atoms with van der Waals surface area (Å²) in [5, 5.41) is 3.32. The van der Waals surface area contributed by atoms with Gasteiger partial charge in [-0.1, -0.05) is 79.0 Å². The zero-order valence-corrected chi connectivity index (χ0v) is 23.5. The number of para-hydroxylation sites is 1. The number of unbranched alkanes of at least 4 members (excludes halogenated alkanes) is 1. The van der Waals surface area contributed by atoms with Crippen LogP contribution in [0.3, 0.4) is 0 Å². The molecule has 7 nitrogen and oxygen atoms in total. The van der Waals surface area contributed by atoms with Gasteiger partial charge in [0.05, 0.1) is 10.6 Å². The van der Waals surface area contributed by atoms with Gasteiger partial charge < -0.3 is 10.2 Å². The molecule has 0 saturated heterocycles. The van der Waals surface area contributed by atoms with Gasteiger partial charge in [0.2, 0.25) is 11.8 Å². The number of halogens is 1. The quantitative estimate of drug-likeness (QED) is 0.312. The third kappa shape index (κ3) is 7.36. The maximum Gasteiger partial charge on any atom is 0.264 e. The van der Waals surface area contributed by atoms with E-state index in [2.05, 4.69) is 5.32 Å². The van der Waals surface area contributed by atoms with Crippen molar-refractivity contribution in [2.75, 3.05) is 17.4 Å². The first-order valence-electron chi connectivity index (χ1n) is 12.6. The van der Waals surface area contributed by atoms with E-state index in [1.54, 1.807) is 73.7 Å². The highest BCUT2D eigenvalue weighted by Gasteiger charge is 2.32. The summed E-state index contributed by atoms with van der Waals surface area (Å²) in [7, 11) is -4.08. The molecule has 0 saturated carbocycles. The molecule has 1 unspecified atom stereocenters. The highest BCUT2D eigenvalue weighted by atomic mass is 35.5. The lowest BCUT2D eigenvalue weighted by Gasteiger charge is -2.32. The predicted molar refractivity (Wildman–Crippen MR) is 152 cm³/mol. The van der Waals surface area contributed by atoms with Gasteiger partial charge in [0.25, 0.3) is 10.0 Å². The van der Waals surface area contributed by atoms with Gasteiger partial charge in [-0.05, 0) is 56.2 Å². The fraction of sp³-hybridized carbons (Fsp3) is 0.310. The van der Waals surface area contributed by atoms with Crippen molar-refractivity contribution in [3.8, 4) is 0 Å². The minimum Gasteiger partial charge on any atom is -0.354 e. The van der Waals surface area contributed by atoms with E-state index in [9.17, 15) is 18.0 Å². The largest absolute Gasteiger partial charge is 0.354 e. The molecule has 9 heteroatoms. The van der Waals surface area contributed by atoms with E-state index in [4.69, 9.17) is 11.6 Å². The Hall–Kier alpha value is -3.36. The first-order valence-corrected chi connectivity index (χ1v) is 14.4. The van der Waals surface area contributed by atoms with E-state index >= 15 is 0 Å². The van der Waals surface area contributed by atoms with Crippen molar-refractivity contribution < 1.29 is 18.0 Å². The molecule has 0 spiro atoms. The lowest BCUT2D eigenvalue weighted by molar-refractivity contribution is -0.139. The average molecular weight is 556 g/mol. The predicted octanol–water partition coefficient (Wildman–Crippen LogP) is 5.18. The van der Waals surface area contributed by atoms with Crippen LogP contribution in [-0.4, -0.2) is 44.3 Å². The van der Waals surface area contributed by atoms with Crippen LogP contribution in [0.5, 0.6) is 0 Å². The summed E-state index contributed by atoms with van der Waals surface area (Å²) in [5.41, 5.74) is 1.92. The van der Waals surface area contributed by atoms with E-state index < -0.39 is 28.5 Å². The summed E-state index contributed by atoms with van der Waals surface area (Å²) in [6, 6.07) is 21.2. The molecular formula is C29H34ClN3O4S. The second kappa shape index (κ2) is 13.4. The molecule has 0 radical (unpaired) electrons. The molecule has 0 heterocycles. The van der Waals surface area contributed by atoms with Crippen LogP contribution < -0.4 is 9.62 Å². The second-order valence-electron chi connectivity index (χ2n) is 9.09. The number of carbonyl (C=O) groups is 2. The summed E-state index contributed by atoms with van der Waals surface area (Å²) in [4.78, 5) is 28.3. The maximum absolute atomic E-state index is 13.8. The van der Waals surface area contributed by atoms with Crippen molar-refractivity contribution in [2.45, 2.75) is 51.1 Å². The van der Waals surface area contributed by atoms with Gasteiger partial charge in [-0.3, -0.25) is 13.9 Å². The smallest absolute Gasteiger partial charge is 0.264 e. The molecule has 0 aromatic heterocycles. The minimum atomic E-state index is -4.08. The molecule has 3 aromatic rings. The molecule has 0 aliphatic carbocycles. The van der Waals surface area contributed by atoms with Crippen molar-refractivity contribution in [1.82, 2.24) is 10.2 Å². The first-order chi connectivity index (χ1) is 18.1. The van der Waals surface area contributed by atoms with Crippen LogP contribution in [0.25, 0.3) is 0 Å². The van der Waals surface area contributed by atoms with E-state index in [1.807, 2.05) is 13.8 Å². The van der Waals surface area contributed by atoms with Crippen LogP contribution in [0.4, 0.5) is 5.69 Å². The van der Waals surface area contributed by atoms with Crippen LogP contribution in [0.2, 0.25) is 5.02 Å². The minimum absolute atomic E-state index is 0.0497. The molecule has 202 valence electrons. The molecular weight excluding hydrogens is 522 g/mol. The number of benzene rings is 3. The van der Waals surface area contributed by atoms with Gasteiger partial charge in [0.1, 0.15) is 12.6 Å². The van der Waals surface area contributed by atoms with Crippen molar-refractivity contribution in [2.24, 2.45) is 0 Å². The van der Waals surface area contributed by atoms with Crippen LogP contribution >= 0.6 is 11.6 Å². The Bertz CT molecular complexity index is 1330. The summed E-state index contributed by atoms with van der Waals surface area (Å²) >= 11 is 6.38. The topological polar surface area (TPSA) is 86.8 Å². The Morgan fingerprint density at radius 2 is 1.58 bits per heavy atom. The number of hydrogen-bond acceptors (Lipinski definition) is 4. The molecule has 0 bridgehead atoms. The zero-order valence-electron chi connectivity index (χ0n) is 21.9. The molecule has 0 aliphatic heterocycles. The van der Waals surface area contributed by atoms with Gasteiger partial charge in [-0.25, -0.2) is 8.42 Å². The zero-order chi connectivity index (χ0) is 27.7. The lowest BCUT2D eigenvalue weighted by atomic mass is 10.1. The average Bonchev–Trinajstić information content (AvgIpc) is 2.91. The molecule has 3 rings (SSSR count). The standard InChI is InChI=1S/C29H34ClN3O4S/c1-4-5-19-31-29(35)23(3)32(20-24-11-9-10-14-27(24)30)28(34)21-33(25-12-7-6-8-13-25)38(36,37)26-17-15-22(2)16-18-26/h6-18,23H,4-5,19-21H2,1-3H3,(H,31,35). The highest BCUT2D eigenvalue weighted by molar-refractivity contribution is 7.92. The van der Waals surface area contributed by atoms with Crippen LogP contribution in [0, 0.1) is 6.92 Å². The molecule has 38 heavy (non-hydrogen) atoms. The molecule has 2 amide bonds. The molecule has 1 N–H and O–H groups in total. The molecule has 3 aromatic carbocycles. The van der Waals surface area contributed by atoms with Crippen molar-refractivity contribution in [3.63, 3.8) is 0 Å². The lowest BCUT2D eigenvalue weighted by Crippen LogP contribution is -2.51. The summed E-state index contributed by atoms with van der Waals surface area (Å²) in [6.07, 6.45) is 1.73. The summed E-state index contributed by atoms with van der Waals surface area (Å²) in [5.74, 6) is -0.839. The Kier molecular flexibility index (Phi) is 10.3. The van der Waals surface area contributed by atoms with Gasteiger partial charge in [0.15, 0.2) is 0 Å². The Morgan fingerprint density at radius 1 is 0.947 bits per heavy atom. The first kappa shape index (κ1) is 29.2. The van der Waals surface area contributed by atoms with Crippen molar-refractivity contribution in [3.05, 3.63) is 95.0 Å². The molecule has 0 aliphatic rings. The number of hydrogen-bond donors (Lipinski definition) is 1. The molecule has 0 fully saturated rings. The highest BCUT2D eigenvalue weighted by Crippen LogP contribution is 2.25. The number of rotatable bonds is 12. The van der Waals surface area contributed by atoms with E-state index in [0.717, 1.165) is 22.7 Å². The monoisotopic (exact) mass is 555 g/mol. The third-order valence-corrected chi connectivity index (χ3v) is 8.38. The maximum atomic E-state index is 13.8. The summed E-state index contributed by atoms with van der Waals surface area (Å²) < 4.78 is 28.6. The number of sulfonamides is 1. The van der Waals surface area contributed by atoms with Crippen LogP contribution in [-0.2, 0) is 26.2 Å². The fourth-order valence-corrected chi connectivity index (χ4v) is 5.50. The summed E-state index contributed by atoms with van der Waals surface area (Å²) in [6.45, 7) is 5.58. The van der Waals surface area contributed by atoms with E-state index in [-0.39, 0.29) is 17.3 Å². The number of anilines is 1. The van der Waals surface area contributed by atoms with E-state index in [1.165, 1.54) is 17.0 Å². The van der Waals surface area contributed by atoms with Crippen molar-refractivity contribution >= 4 is 39.1 Å². The van der Waals surface area contributed by atoms with Crippen LogP contribution in [0.15, 0.2) is 83.8 Å². The Balaban J connectivity index is 1.98. The SMILES string of the molecule is CCCCNC(=O)C(C)N(Cc1ccccc1Cl)C(=O)CN(c1ccccc1)S(=O)(=O)c1ccc(C)cc1. The Morgan fingerprint density at radius 3 is 2.21 bits per heavy atom. The molecule has 1 atom stereocenters. The van der Waals surface area contributed by atoms with Gasteiger partial charge in [-0.2, -0.15) is 0 Å². The normalized spacial score (nSPS) is 12.0. The number of carbonyl (C=O) groups excluding carboxylic acids is 2. The van der Waals surface area contributed by atoms with E-state index in [0.29, 0.717) is 22.8 Å². The second-order valence-corrected chi connectivity index (χ2v) is 11.4. The van der Waals surface area contributed by atoms with Gasteiger partial charge >= 0.3 is 0 Å². The number of aryl methyl sites for hydroxylation is 1. The number of nitrogens with zero attached hydrogens (tertiary/aromatic N) is 2. The van der Waals surface area contributed by atoms with Gasteiger partial charge in [0, 0.05) is 18.1 Å². The van der Waals surface area contributed by atoms with Crippen LogP contribution in [0.1, 0.15) is 37.8 Å². The number of nitrogens with one attached hydrogen (secondary N) is 1. The number of amides is 2.